The number of piperazine rings is 1. The number of nitrogens with zero attached hydrogens (tertiary/aromatic N) is 4. The van der Waals surface area contributed by atoms with Crippen LogP contribution < -0.4 is 25.4 Å². The van der Waals surface area contributed by atoms with Crippen LogP contribution in [0.2, 0.25) is 0 Å². The molecule has 0 radical (unpaired) electrons. The van der Waals surface area contributed by atoms with Crippen molar-refractivity contribution in [2.75, 3.05) is 30.9 Å². The van der Waals surface area contributed by atoms with Gasteiger partial charge < -0.3 is 9.26 Å². The van der Waals surface area contributed by atoms with E-state index in [4.69, 9.17) is 14.7 Å². The highest BCUT2D eigenvalue weighted by Crippen LogP contribution is 2.14. The van der Waals surface area contributed by atoms with Gasteiger partial charge >= 0.3 is 5.97 Å². The van der Waals surface area contributed by atoms with Gasteiger partial charge in [0.1, 0.15) is 11.8 Å². The molecule has 2 aromatic rings. The Morgan fingerprint density at radius 2 is 2.08 bits per heavy atom. The summed E-state index contributed by atoms with van der Waals surface area (Å²) >= 11 is 0. The lowest BCUT2D eigenvalue weighted by molar-refractivity contribution is -0.766. The minimum atomic E-state index is -3.46. The van der Waals surface area contributed by atoms with Gasteiger partial charge in [-0.05, 0) is 17.4 Å². The fraction of sp³-hybridized carbons (Fsp3) is 0.357. The molecule has 1 N–H and O–H groups in total. The first kappa shape index (κ1) is 17.2. The number of benzene rings is 1. The second-order valence-corrected chi connectivity index (χ2v) is 7.50. The summed E-state index contributed by atoms with van der Waals surface area (Å²) in [7, 11) is -3.46. The van der Waals surface area contributed by atoms with E-state index < -0.39 is 22.0 Å². The van der Waals surface area contributed by atoms with E-state index in [1.54, 1.807) is 30.3 Å². The number of rotatable bonds is 4. The van der Waals surface area contributed by atoms with Crippen LogP contribution in [-0.2, 0) is 14.8 Å². The van der Waals surface area contributed by atoms with Gasteiger partial charge in [0.05, 0.1) is 6.26 Å². The molecule has 25 heavy (non-hydrogen) atoms. The van der Waals surface area contributed by atoms with E-state index in [9.17, 15) is 13.2 Å². The fourth-order valence-corrected chi connectivity index (χ4v) is 3.35. The molecular formula is C14H17N5O5S. The van der Waals surface area contributed by atoms with Gasteiger partial charge in [0.25, 0.3) is 11.8 Å². The van der Waals surface area contributed by atoms with Crippen molar-refractivity contribution < 1.29 is 27.3 Å². The van der Waals surface area contributed by atoms with Crippen LogP contribution in [0.1, 0.15) is 0 Å². The largest absolute Gasteiger partial charge is 0.426 e. The third kappa shape index (κ3) is 3.88. The molecule has 1 aliphatic heterocycles. The second-order valence-electron chi connectivity index (χ2n) is 5.52. The highest BCUT2D eigenvalue weighted by molar-refractivity contribution is 7.88. The van der Waals surface area contributed by atoms with E-state index in [0.29, 0.717) is 5.75 Å². The molecule has 3 rings (SSSR count). The predicted molar refractivity (Wildman–Crippen MR) is 83.4 cm³/mol. The molecule has 10 nitrogen and oxygen atoms in total. The Labute approximate surface area is 143 Å². The van der Waals surface area contributed by atoms with E-state index in [1.165, 1.54) is 20.3 Å². The standard InChI is InChI=1S/C14H17N5O5S/c1-25(21,22)17-7-8-18(19-10-13(15)24-16-19)12(9-17)14(20)23-11-5-3-2-4-6-11/h2-6,10,12,15H,7-9H2,1H3. The van der Waals surface area contributed by atoms with Gasteiger partial charge in [-0.3, -0.25) is 15.2 Å². The van der Waals surface area contributed by atoms with E-state index in [2.05, 4.69) is 5.27 Å². The number of aromatic nitrogens is 2. The molecule has 0 spiro atoms. The number of para-hydroxylation sites is 1. The van der Waals surface area contributed by atoms with Crippen molar-refractivity contribution >= 4 is 16.0 Å². The summed E-state index contributed by atoms with van der Waals surface area (Å²) in [6.45, 7) is 0.289. The first-order valence-electron chi connectivity index (χ1n) is 7.43. The highest BCUT2D eigenvalue weighted by Gasteiger charge is 2.37. The van der Waals surface area contributed by atoms with Gasteiger partial charge in [0.2, 0.25) is 10.0 Å². The maximum atomic E-state index is 12.6. The summed E-state index contributed by atoms with van der Waals surface area (Å²) in [5.74, 6) is -0.267. The third-order valence-electron chi connectivity index (χ3n) is 3.74. The van der Waals surface area contributed by atoms with E-state index in [-0.39, 0.29) is 25.2 Å². The zero-order chi connectivity index (χ0) is 18.0. The second kappa shape index (κ2) is 6.69. The van der Waals surface area contributed by atoms with Crippen LogP contribution in [0.25, 0.3) is 0 Å². The van der Waals surface area contributed by atoms with Crippen molar-refractivity contribution in [3.63, 3.8) is 0 Å². The number of carbonyl (C=O) groups excluding carboxylic acids is 1. The molecule has 1 atom stereocenters. The van der Waals surface area contributed by atoms with Crippen molar-refractivity contribution in [2.45, 2.75) is 6.04 Å². The van der Waals surface area contributed by atoms with Gasteiger partial charge in [-0.15, -0.1) is 0 Å². The Bertz CT molecular complexity index is 907. The van der Waals surface area contributed by atoms with Crippen LogP contribution in [0.4, 0.5) is 0 Å². The lowest BCUT2D eigenvalue weighted by atomic mass is 10.2. The number of nitrogens with one attached hydrogen (secondary N) is 1. The first-order valence-corrected chi connectivity index (χ1v) is 9.28. The van der Waals surface area contributed by atoms with Crippen LogP contribution in [0, 0.1) is 5.41 Å². The third-order valence-corrected chi connectivity index (χ3v) is 5.01. The average Bonchev–Trinajstić information content (AvgIpc) is 3.00. The van der Waals surface area contributed by atoms with E-state index in [0.717, 1.165) is 6.26 Å². The number of hydrogen-bond acceptors (Lipinski definition) is 7. The number of sulfonamides is 1. The SMILES string of the molecule is CS(=O)(=O)N1CCN([n+]2cc(=N)o[n-]2)C(C(=O)Oc2ccccc2)C1. The predicted octanol–water partition coefficient (Wildman–Crippen LogP) is -1.81. The Balaban J connectivity index is 1.87. The smallest absolute Gasteiger partial charge is 0.320 e. The number of ether oxygens (including phenoxy) is 1. The normalized spacial score (nSPS) is 18.9. The van der Waals surface area contributed by atoms with Crippen LogP contribution in [-0.4, -0.2) is 50.6 Å². The lowest BCUT2D eigenvalue weighted by Crippen LogP contribution is -2.73. The molecule has 1 fully saturated rings. The van der Waals surface area contributed by atoms with Crippen LogP contribution in [0.5, 0.6) is 5.75 Å². The van der Waals surface area contributed by atoms with Crippen molar-refractivity contribution in [3.05, 3.63) is 42.1 Å². The molecule has 1 aromatic heterocycles. The summed E-state index contributed by atoms with van der Waals surface area (Å²) < 4.78 is 35.0. The number of hydrogen-bond donors (Lipinski definition) is 1. The van der Waals surface area contributed by atoms with Crippen molar-refractivity contribution in [3.8, 4) is 5.75 Å². The van der Waals surface area contributed by atoms with Gasteiger partial charge in [-0.2, -0.15) is 0 Å². The van der Waals surface area contributed by atoms with Gasteiger partial charge in [-0.25, -0.2) is 12.7 Å². The molecule has 0 amide bonds. The minimum Gasteiger partial charge on any atom is -0.426 e. The Morgan fingerprint density at radius 3 is 2.68 bits per heavy atom. The summed E-state index contributed by atoms with van der Waals surface area (Å²) in [6, 6.07) is 7.57. The zero-order valence-electron chi connectivity index (χ0n) is 13.4. The molecule has 0 aliphatic carbocycles. The summed E-state index contributed by atoms with van der Waals surface area (Å²) in [6.07, 6.45) is 2.38. The van der Waals surface area contributed by atoms with Crippen LogP contribution in [0.15, 0.2) is 41.1 Å². The Morgan fingerprint density at radius 1 is 1.36 bits per heavy atom. The lowest BCUT2D eigenvalue weighted by Gasteiger charge is -2.39. The van der Waals surface area contributed by atoms with Crippen LogP contribution >= 0.6 is 0 Å². The quantitative estimate of drug-likeness (QED) is 0.384. The molecule has 2 heterocycles. The number of carbonyl (C=O) groups is 1. The molecule has 1 aromatic carbocycles. The highest BCUT2D eigenvalue weighted by atomic mass is 32.2. The molecule has 0 saturated carbocycles. The first-order chi connectivity index (χ1) is 11.8. The van der Waals surface area contributed by atoms with Crippen LogP contribution in [0.3, 0.4) is 0 Å². The maximum absolute atomic E-state index is 12.6. The summed E-state index contributed by atoms with van der Waals surface area (Å²) in [5, 5.41) is 12.6. The molecule has 11 heteroatoms. The van der Waals surface area contributed by atoms with Crippen molar-refractivity contribution in [2.24, 2.45) is 0 Å². The summed E-state index contributed by atoms with van der Waals surface area (Å²) in [4.78, 5) is 13.8. The van der Waals surface area contributed by atoms with Crippen molar-refractivity contribution in [1.29, 1.82) is 5.41 Å². The average molecular weight is 367 g/mol. The molecule has 134 valence electrons. The maximum Gasteiger partial charge on any atom is 0.320 e. The summed E-state index contributed by atoms with van der Waals surface area (Å²) in [5.41, 5.74) is -0.180. The topological polar surface area (TPSA) is 122 Å². The molecular weight excluding hydrogens is 350 g/mol. The molecule has 0 bridgehead atoms. The van der Waals surface area contributed by atoms with Crippen molar-refractivity contribution in [1.82, 2.24) is 9.58 Å². The van der Waals surface area contributed by atoms with Gasteiger partial charge in [0, 0.05) is 19.6 Å². The fourth-order valence-electron chi connectivity index (χ4n) is 2.52. The van der Waals surface area contributed by atoms with E-state index in [1.807, 2.05) is 0 Å². The van der Waals surface area contributed by atoms with Gasteiger partial charge in [0.15, 0.2) is 0 Å². The van der Waals surface area contributed by atoms with E-state index >= 15 is 0 Å². The monoisotopic (exact) mass is 367 g/mol. The molecule has 1 aliphatic rings. The number of esters is 1. The molecule has 1 unspecified atom stereocenters. The minimum absolute atomic E-state index is 0.0856. The Kier molecular flexibility index (Phi) is 4.59. The molecule has 1 saturated heterocycles. The Hall–Kier alpha value is -2.66. The van der Waals surface area contributed by atoms with Gasteiger partial charge in [-0.1, -0.05) is 23.0 Å². The zero-order valence-corrected chi connectivity index (χ0v) is 14.2.